The van der Waals surface area contributed by atoms with Crippen LogP contribution in [0.3, 0.4) is 0 Å². The van der Waals surface area contributed by atoms with Gasteiger partial charge < -0.3 is 0 Å². The molecule has 0 fully saturated rings. The second-order valence-electron chi connectivity index (χ2n) is 4.39. The highest BCUT2D eigenvalue weighted by Crippen LogP contribution is 2.31. The molecule has 0 amide bonds. The summed E-state index contributed by atoms with van der Waals surface area (Å²) >= 11 is 7.58. The van der Waals surface area contributed by atoms with Gasteiger partial charge in [-0.05, 0) is 62.1 Å². The number of rotatable bonds is 2. The monoisotopic (exact) mass is 278 g/mol. The molecule has 2 nitrogen and oxygen atoms in total. The van der Waals surface area contributed by atoms with Gasteiger partial charge in [0.1, 0.15) is 5.03 Å². The number of benzene rings is 1. The van der Waals surface area contributed by atoms with Gasteiger partial charge in [0.15, 0.2) is 5.15 Å². The standard InChI is InChI=1S/C14H15ClN2S/c1-8-5-6-12(7-9(8)2)18-14-11(4)10(3)13(15)16-17-14/h5-7H,1-4H3. The van der Waals surface area contributed by atoms with E-state index in [-0.39, 0.29) is 0 Å². The molecule has 18 heavy (non-hydrogen) atoms. The van der Waals surface area contributed by atoms with Crippen molar-refractivity contribution in [3.8, 4) is 0 Å². The summed E-state index contributed by atoms with van der Waals surface area (Å²) in [5, 5.41) is 9.54. The average Bonchev–Trinajstić information content (AvgIpc) is 2.34. The lowest BCUT2D eigenvalue weighted by Crippen LogP contribution is -1.95. The molecule has 94 valence electrons. The highest BCUT2D eigenvalue weighted by molar-refractivity contribution is 7.99. The Balaban J connectivity index is 2.34. The van der Waals surface area contributed by atoms with E-state index in [0.29, 0.717) is 5.15 Å². The molecule has 0 spiro atoms. The number of nitrogens with zero attached hydrogens (tertiary/aromatic N) is 2. The smallest absolute Gasteiger partial charge is 0.142 e. The largest absolute Gasteiger partial charge is 0.154 e. The average molecular weight is 279 g/mol. The van der Waals surface area contributed by atoms with Gasteiger partial charge in [-0.3, -0.25) is 0 Å². The second-order valence-corrected chi connectivity index (χ2v) is 5.81. The third-order valence-corrected chi connectivity index (χ3v) is 4.54. The zero-order chi connectivity index (χ0) is 13.3. The zero-order valence-electron chi connectivity index (χ0n) is 10.9. The maximum Gasteiger partial charge on any atom is 0.154 e. The molecule has 0 aliphatic carbocycles. The van der Waals surface area contributed by atoms with Crippen LogP contribution in [0.5, 0.6) is 0 Å². The number of aromatic nitrogens is 2. The first-order valence-corrected chi connectivity index (χ1v) is 6.93. The second kappa shape index (κ2) is 5.29. The molecule has 0 aliphatic heterocycles. The van der Waals surface area contributed by atoms with E-state index in [0.717, 1.165) is 16.2 Å². The van der Waals surface area contributed by atoms with Crippen molar-refractivity contribution in [1.29, 1.82) is 0 Å². The van der Waals surface area contributed by atoms with Gasteiger partial charge in [-0.15, -0.1) is 10.2 Å². The van der Waals surface area contributed by atoms with Gasteiger partial charge in [0.05, 0.1) is 0 Å². The molecule has 1 heterocycles. The van der Waals surface area contributed by atoms with Crippen molar-refractivity contribution in [2.75, 3.05) is 0 Å². The van der Waals surface area contributed by atoms with Gasteiger partial charge in [0, 0.05) is 4.90 Å². The minimum absolute atomic E-state index is 0.483. The van der Waals surface area contributed by atoms with Gasteiger partial charge in [-0.25, -0.2) is 0 Å². The van der Waals surface area contributed by atoms with E-state index in [2.05, 4.69) is 42.2 Å². The van der Waals surface area contributed by atoms with Crippen LogP contribution in [0.4, 0.5) is 0 Å². The normalized spacial score (nSPS) is 10.7. The van der Waals surface area contributed by atoms with Crippen LogP contribution in [0.25, 0.3) is 0 Å². The summed E-state index contributed by atoms with van der Waals surface area (Å²) in [6.45, 7) is 8.22. The fourth-order valence-corrected chi connectivity index (χ4v) is 2.70. The molecular formula is C14H15ClN2S. The van der Waals surface area contributed by atoms with Crippen LogP contribution in [-0.2, 0) is 0 Å². The van der Waals surface area contributed by atoms with E-state index in [1.807, 2.05) is 13.8 Å². The van der Waals surface area contributed by atoms with E-state index in [4.69, 9.17) is 11.6 Å². The summed E-state index contributed by atoms with van der Waals surface area (Å²) in [4.78, 5) is 1.18. The zero-order valence-corrected chi connectivity index (χ0v) is 12.5. The maximum atomic E-state index is 5.95. The van der Waals surface area contributed by atoms with Gasteiger partial charge in [-0.2, -0.15) is 0 Å². The first-order valence-electron chi connectivity index (χ1n) is 5.73. The van der Waals surface area contributed by atoms with Crippen LogP contribution in [0.1, 0.15) is 22.3 Å². The SMILES string of the molecule is Cc1ccc(Sc2nnc(Cl)c(C)c2C)cc1C. The number of hydrogen-bond acceptors (Lipinski definition) is 3. The lowest BCUT2D eigenvalue weighted by molar-refractivity contribution is 0.891. The Labute approximate surface area is 117 Å². The predicted molar refractivity (Wildman–Crippen MR) is 76.6 cm³/mol. The topological polar surface area (TPSA) is 25.8 Å². The molecule has 0 bridgehead atoms. The lowest BCUT2D eigenvalue weighted by atomic mass is 10.1. The van der Waals surface area contributed by atoms with E-state index in [9.17, 15) is 0 Å². The minimum Gasteiger partial charge on any atom is -0.142 e. The molecule has 0 atom stereocenters. The van der Waals surface area contributed by atoms with Crippen molar-refractivity contribution in [1.82, 2.24) is 10.2 Å². The van der Waals surface area contributed by atoms with Crippen molar-refractivity contribution in [2.24, 2.45) is 0 Å². The Hall–Kier alpha value is -1.06. The fraction of sp³-hybridized carbons (Fsp3) is 0.286. The van der Waals surface area contributed by atoms with E-state index >= 15 is 0 Å². The fourth-order valence-electron chi connectivity index (χ4n) is 1.54. The molecule has 0 saturated carbocycles. The van der Waals surface area contributed by atoms with Gasteiger partial charge in [0.2, 0.25) is 0 Å². The number of halogens is 1. The van der Waals surface area contributed by atoms with Gasteiger partial charge >= 0.3 is 0 Å². The van der Waals surface area contributed by atoms with Crippen LogP contribution in [0.15, 0.2) is 28.1 Å². The van der Waals surface area contributed by atoms with Crippen molar-refractivity contribution < 1.29 is 0 Å². The third-order valence-electron chi connectivity index (χ3n) is 3.11. The third kappa shape index (κ3) is 2.68. The van der Waals surface area contributed by atoms with Crippen LogP contribution < -0.4 is 0 Å². The Morgan fingerprint density at radius 1 is 0.944 bits per heavy atom. The molecule has 0 radical (unpaired) electrons. The summed E-state index contributed by atoms with van der Waals surface area (Å²) in [5.41, 5.74) is 4.68. The Morgan fingerprint density at radius 3 is 2.33 bits per heavy atom. The molecule has 0 saturated heterocycles. The lowest BCUT2D eigenvalue weighted by Gasteiger charge is -2.08. The molecule has 0 unspecified atom stereocenters. The summed E-state index contributed by atoms with van der Waals surface area (Å²) in [6, 6.07) is 6.41. The van der Waals surface area contributed by atoms with Crippen molar-refractivity contribution in [3.05, 3.63) is 45.6 Å². The summed E-state index contributed by atoms with van der Waals surface area (Å²) in [5.74, 6) is 0. The Morgan fingerprint density at radius 2 is 1.67 bits per heavy atom. The first-order chi connectivity index (χ1) is 8.49. The van der Waals surface area contributed by atoms with Gasteiger partial charge in [-0.1, -0.05) is 29.4 Å². The molecule has 0 N–H and O–H groups in total. The number of hydrogen-bond donors (Lipinski definition) is 0. The molecule has 1 aromatic carbocycles. The predicted octanol–water partition coefficient (Wildman–Crippen LogP) is 4.51. The van der Waals surface area contributed by atoms with E-state index in [1.165, 1.54) is 16.0 Å². The molecule has 0 aliphatic rings. The Kier molecular flexibility index (Phi) is 3.93. The summed E-state index contributed by atoms with van der Waals surface area (Å²) < 4.78 is 0. The van der Waals surface area contributed by atoms with E-state index in [1.54, 1.807) is 11.8 Å². The van der Waals surface area contributed by atoms with Gasteiger partial charge in [0.25, 0.3) is 0 Å². The number of aryl methyl sites for hydroxylation is 2. The van der Waals surface area contributed by atoms with Crippen molar-refractivity contribution in [2.45, 2.75) is 37.6 Å². The van der Waals surface area contributed by atoms with Crippen molar-refractivity contribution >= 4 is 23.4 Å². The quantitative estimate of drug-likeness (QED) is 0.808. The first kappa shape index (κ1) is 13.4. The Bertz CT molecular complexity index is 597. The molecule has 2 rings (SSSR count). The van der Waals surface area contributed by atoms with Crippen LogP contribution in [0, 0.1) is 27.7 Å². The maximum absolute atomic E-state index is 5.95. The summed E-state index contributed by atoms with van der Waals surface area (Å²) in [7, 11) is 0. The highest BCUT2D eigenvalue weighted by atomic mass is 35.5. The highest BCUT2D eigenvalue weighted by Gasteiger charge is 2.09. The van der Waals surface area contributed by atoms with Crippen LogP contribution in [-0.4, -0.2) is 10.2 Å². The molecule has 2 aromatic rings. The van der Waals surface area contributed by atoms with E-state index < -0.39 is 0 Å². The summed E-state index contributed by atoms with van der Waals surface area (Å²) in [6.07, 6.45) is 0. The molecule has 1 aromatic heterocycles. The molecule has 4 heteroatoms. The van der Waals surface area contributed by atoms with Crippen LogP contribution in [0.2, 0.25) is 5.15 Å². The minimum atomic E-state index is 0.483. The molecular weight excluding hydrogens is 264 g/mol. The van der Waals surface area contributed by atoms with Crippen LogP contribution >= 0.6 is 23.4 Å². The van der Waals surface area contributed by atoms with Crippen molar-refractivity contribution in [3.63, 3.8) is 0 Å².